The average Bonchev–Trinajstić information content (AvgIpc) is 2.44. The highest BCUT2D eigenvalue weighted by Crippen LogP contribution is 2.18. The predicted octanol–water partition coefficient (Wildman–Crippen LogP) is 3.39. The highest BCUT2D eigenvalue weighted by molar-refractivity contribution is 5.92. The van der Waals surface area contributed by atoms with Crippen LogP contribution in [0.2, 0.25) is 0 Å². The summed E-state index contributed by atoms with van der Waals surface area (Å²) in [7, 11) is 0. The lowest BCUT2D eigenvalue weighted by molar-refractivity contribution is -0.117. The monoisotopic (exact) mass is 292 g/mol. The summed E-state index contributed by atoms with van der Waals surface area (Å²) in [4.78, 5) is 14.0. The molecular formula is C17H28N2O2. The third kappa shape index (κ3) is 7.14. The summed E-state index contributed by atoms with van der Waals surface area (Å²) in [5.41, 5.74) is 0.786. The fraction of sp³-hybridized carbons (Fsp3) is 0.588. The van der Waals surface area contributed by atoms with Crippen LogP contribution in [0.5, 0.6) is 5.75 Å². The van der Waals surface area contributed by atoms with Gasteiger partial charge < -0.3 is 10.1 Å². The first-order valence-electron chi connectivity index (χ1n) is 7.80. The zero-order valence-electron chi connectivity index (χ0n) is 13.7. The third-order valence-electron chi connectivity index (χ3n) is 3.34. The Morgan fingerprint density at radius 3 is 2.62 bits per heavy atom. The van der Waals surface area contributed by atoms with Crippen molar-refractivity contribution < 1.29 is 9.53 Å². The quantitative estimate of drug-likeness (QED) is 0.758. The molecule has 4 heteroatoms. The van der Waals surface area contributed by atoms with Gasteiger partial charge in [0.1, 0.15) is 5.75 Å². The van der Waals surface area contributed by atoms with Crippen LogP contribution in [0.25, 0.3) is 0 Å². The Bertz CT molecular complexity index is 429. The molecule has 4 nitrogen and oxygen atoms in total. The lowest BCUT2D eigenvalue weighted by atomic mass is 10.1. The second-order valence-electron chi connectivity index (χ2n) is 5.57. The molecule has 0 aliphatic heterocycles. The highest BCUT2D eigenvalue weighted by atomic mass is 16.5. The molecule has 0 saturated heterocycles. The van der Waals surface area contributed by atoms with E-state index in [1.54, 1.807) is 0 Å². The van der Waals surface area contributed by atoms with Gasteiger partial charge in [0, 0.05) is 11.8 Å². The first-order valence-corrected chi connectivity index (χ1v) is 7.80. The van der Waals surface area contributed by atoms with Gasteiger partial charge in [-0.05, 0) is 37.6 Å². The van der Waals surface area contributed by atoms with Gasteiger partial charge >= 0.3 is 0 Å². The van der Waals surface area contributed by atoms with Gasteiger partial charge in [0.05, 0.1) is 13.2 Å². The first kappa shape index (κ1) is 17.5. The molecule has 1 rings (SSSR count). The standard InChI is InChI=1S/C17H28N2O2/c1-5-19(6-2)13-17(20)18-15-8-7-9-16(12-15)21-11-10-14(3)4/h7-9,12,14H,5-6,10-11,13H2,1-4H3,(H,18,20). The van der Waals surface area contributed by atoms with E-state index >= 15 is 0 Å². The van der Waals surface area contributed by atoms with Crippen molar-refractivity contribution in [3.8, 4) is 5.75 Å². The molecule has 0 fully saturated rings. The van der Waals surface area contributed by atoms with Crippen LogP contribution >= 0.6 is 0 Å². The van der Waals surface area contributed by atoms with Crippen molar-refractivity contribution in [1.82, 2.24) is 4.90 Å². The molecular weight excluding hydrogens is 264 g/mol. The van der Waals surface area contributed by atoms with E-state index in [-0.39, 0.29) is 5.91 Å². The Morgan fingerprint density at radius 2 is 2.00 bits per heavy atom. The van der Waals surface area contributed by atoms with Crippen molar-refractivity contribution in [1.29, 1.82) is 0 Å². The Balaban J connectivity index is 2.50. The predicted molar refractivity (Wildman–Crippen MR) is 87.8 cm³/mol. The number of amides is 1. The van der Waals surface area contributed by atoms with Crippen molar-refractivity contribution in [2.75, 3.05) is 31.6 Å². The normalized spacial score (nSPS) is 11.0. The van der Waals surface area contributed by atoms with Gasteiger partial charge in [-0.1, -0.05) is 33.8 Å². The van der Waals surface area contributed by atoms with Crippen LogP contribution in [0.3, 0.4) is 0 Å². The number of ether oxygens (including phenoxy) is 1. The lowest BCUT2D eigenvalue weighted by Crippen LogP contribution is -2.32. The van der Waals surface area contributed by atoms with E-state index in [1.165, 1.54) is 0 Å². The van der Waals surface area contributed by atoms with E-state index in [1.807, 2.05) is 24.3 Å². The van der Waals surface area contributed by atoms with Gasteiger partial charge in [-0.15, -0.1) is 0 Å². The largest absolute Gasteiger partial charge is 0.494 e. The van der Waals surface area contributed by atoms with Gasteiger partial charge in [0.25, 0.3) is 0 Å². The molecule has 0 aliphatic rings. The van der Waals surface area contributed by atoms with E-state index in [9.17, 15) is 4.79 Å². The van der Waals surface area contributed by atoms with Crippen LogP contribution in [0.1, 0.15) is 34.1 Å². The maximum absolute atomic E-state index is 12.0. The van der Waals surface area contributed by atoms with E-state index in [0.29, 0.717) is 19.1 Å². The number of carbonyl (C=O) groups is 1. The highest BCUT2D eigenvalue weighted by Gasteiger charge is 2.08. The van der Waals surface area contributed by atoms with Crippen molar-refractivity contribution in [2.45, 2.75) is 34.1 Å². The number of nitrogens with one attached hydrogen (secondary N) is 1. The van der Waals surface area contributed by atoms with Crippen molar-refractivity contribution in [3.05, 3.63) is 24.3 Å². The third-order valence-corrected chi connectivity index (χ3v) is 3.34. The molecule has 1 amide bonds. The molecule has 0 aromatic heterocycles. The number of rotatable bonds is 9. The number of hydrogen-bond acceptors (Lipinski definition) is 3. The van der Waals surface area contributed by atoms with E-state index in [4.69, 9.17) is 4.74 Å². The summed E-state index contributed by atoms with van der Waals surface area (Å²) >= 11 is 0. The van der Waals surface area contributed by atoms with Crippen LogP contribution in [0, 0.1) is 5.92 Å². The molecule has 0 saturated carbocycles. The number of benzene rings is 1. The minimum absolute atomic E-state index is 0.0121. The van der Waals surface area contributed by atoms with Crippen molar-refractivity contribution in [3.63, 3.8) is 0 Å². The van der Waals surface area contributed by atoms with Crippen LogP contribution in [0.15, 0.2) is 24.3 Å². The summed E-state index contributed by atoms with van der Waals surface area (Å²) in [6.45, 7) is 11.3. The Morgan fingerprint density at radius 1 is 1.29 bits per heavy atom. The van der Waals surface area contributed by atoms with Crippen molar-refractivity contribution >= 4 is 11.6 Å². The second kappa shape index (κ2) is 9.40. The lowest BCUT2D eigenvalue weighted by Gasteiger charge is -2.17. The topological polar surface area (TPSA) is 41.6 Å². The van der Waals surface area contributed by atoms with Gasteiger partial charge in [-0.3, -0.25) is 9.69 Å². The summed E-state index contributed by atoms with van der Waals surface area (Å²) < 4.78 is 5.70. The Labute approximate surface area is 128 Å². The number of anilines is 1. The molecule has 0 aliphatic carbocycles. The first-order chi connectivity index (χ1) is 10.0. The summed E-state index contributed by atoms with van der Waals surface area (Å²) in [5, 5.41) is 2.92. The van der Waals surface area contributed by atoms with Crippen LogP contribution in [-0.2, 0) is 4.79 Å². The maximum atomic E-state index is 12.0. The molecule has 0 unspecified atom stereocenters. The maximum Gasteiger partial charge on any atom is 0.238 e. The van der Waals surface area contributed by atoms with Gasteiger partial charge in [0.15, 0.2) is 0 Å². The number of hydrogen-bond donors (Lipinski definition) is 1. The summed E-state index contributed by atoms with van der Waals surface area (Å²) in [5.74, 6) is 1.44. The van der Waals surface area contributed by atoms with Gasteiger partial charge in [0.2, 0.25) is 5.91 Å². The zero-order chi connectivity index (χ0) is 15.7. The fourth-order valence-corrected chi connectivity index (χ4v) is 1.93. The summed E-state index contributed by atoms with van der Waals surface area (Å²) in [6.07, 6.45) is 1.03. The Hall–Kier alpha value is -1.55. The number of likely N-dealkylation sites (N-methyl/N-ethyl adjacent to an activating group) is 1. The van der Waals surface area contributed by atoms with Crippen molar-refractivity contribution in [2.24, 2.45) is 5.92 Å². The molecule has 0 bridgehead atoms. The second-order valence-corrected chi connectivity index (χ2v) is 5.57. The molecule has 1 aromatic carbocycles. The average molecular weight is 292 g/mol. The van der Waals surface area contributed by atoms with E-state index < -0.39 is 0 Å². The molecule has 0 radical (unpaired) electrons. The van der Waals surface area contributed by atoms with E-state index in [2.05, 4.69) is 37.9 Å². The molecule has 0 atom stereocenters. The molecule has 118 valence electrons. The number of nitrogens with zero attached hydrogens (tertiary/aromatic N) is 1. The molecule has 21 heavy (non-hydrogen) atoms. The SMILES string of the molecule is CCN(CC)CC(=O)Nc1cccc(OCCC(C)C)c1. The van der Waals surface area contributed by atoms with E-state index in [0.717, 1.165) is 30.9 Å². The van der Waals surface area contributed by atoms with Crippen LogP contribution in [-0.4, -0.2) is 37.0 Å². The fourth-order valence-electron chi connectivity index (χ4n) is 1.93. The smallest absolute Gasteiger partial charge is 0.238 e. The molecule has 1 N–H and O–H groups in total. The van der Waals surface area contributed by atoms with Crippen LogP contribution < -0.4 is 10.1 Å². The van der Waals surface area contributed by atoms with Crippen LogP contribution in [0.4, 0.5) is 5.69 Å². The van der Waals surface area contributed by atoms with Gasteiger partial charge in [-0.2, -0.15) is 0 Å². The zero-order valence-corrected chi connectivity index (χ0v) is 13.7. The minimum Gasteiger partial charge on any atom is -0.494 e. The molecule has 1 aromatic rings. The summed E-state index contributed by atoms with van der Waals surface area (Å²) in [6, 6.07) is 7.58. The molecule has 0 spiro atoms. The number of carbonyl (C=O) groups excluding carboxylic acids is 1. The molecule has 0 heterocycles. The minimum atomic E-state index is 0.0121. The Kier molecular flexibility index (Phi) is 7.83. The van der Waals surface area contributed by atoms with Gasteiger partial charge in [-0.25, -0.2) is 0 Å².